The number of ether oxygens (including phenoxy) is 1. The summed E-state index contributed by atoms with van der Waals surface area (Å²) >= 11 is 0. The minimum atomic E-state index is 0. The van der Waals surface area contributed by atoms with Gasteiger partial charge < -0.3 is 10.1 Å². The number of ketones is 1. The van der Waals surface area contributed by atoms with Crippen molar-refractivity contribution in [3.05, 3.63) is 65.7 Å². The van der Waals surface area contributed by atoms with E-state index in [1.54, 1.807) is 7.11 Å². The average molecular weight is 454 g/mol. The lowest BCUT2D eigenvalue weighted by atomic mass is 10.1. The standard InChI is InChI=1S/C22H27N3O3.2ClH/c1-28-20-9-7-18(8-10-20)15-23-22(27)17-25-13-11-24(12-14-25)16-21(26)19-5-3-2-4-6-19;;/h2-10H,11-17H2,1H3,(H,23,27);2*1H. The number of piperazine rings is 1. The third kappa shape index (κ3) is 7.95. The van der Waals surface area contributed by atoms with Crippen molar-refractivity contribution in [1.29, 1.82) is 0 Å². The number of carbonyl (C=O) groups excluding carboxylic acids is 2. The number of hydrogen-bond acceptors (Lipinski definition) is 5. The van der Waals surface area contributed by atoms with Crippen LogP contribution in [0.3, 0.4) is 0 Å². The van der Waals surface area contributed by atoms with Gasteiger partial charge in [0.15, 0.2) is 5.78 Å². The molecule has 1 saturated heterocycles. The lowest BCUT2D eigenvalue weighted by Crippen LogP contribution is -2.50. The molecule has 0 bridgehead atoms. The highest BCUT2D eigenvalue weighted by Gasteiger charge is 2.20. The molecule has 1 N–H and O–H groups in total. The molecule has 0 aliphatic carbocycles. The Morgan fingerprint density at radius 1 is 0.867 bits per heavy atom. The van der Waals surface area contributed by atoms with Crippen LogP contribution >= 0.6 is 24.8 Å². The van der Waals surface area contributed by atoms with Crippen molar-refractivity contribution in [2.75, 3.05) is 46.4 Å². The Morgan fingerprint density at radius 2 is 1.43 bits per heavy atom. The number of halogens is 2. The van der Waals surface area contributed by atoms with Gasteiger partial charge >= 0.3 is 0 Å². The van der Waals surface area contributed by atoms with Crippen LogP contribution in [0.4, 0.5) is 0 Å². The van der Waals surface area contributed by atoms with Crippen molar-refractivity contribution >= 4 is 36.5 Å². The van der Waals surface area contributed by atoms with Crippen LogP contribution in [0.15, 0.2) is 54.6 Å². The van der Waals surface area contributed by atoms with Gasteiger partial charge in [0.2, 0.25) is 5.91 Å². The van der Waals surface area contributed by atoms with E-state index in [4.69, 9.17) is 4.74 Å². The van der Waals surface area contributed by atoms with Crippen LogP contribution in [0, 0.1) is 0 Å². The number of benzene rings is 2. The Kier molecular flexibility index (Phi) is 11.4. The molecular formula is C22H29Cl2N3O3. The molecule has 8 heteroatoms. The normalized spacial score (nSPS) is 14.2. The zero-order valence-corrected chi connectivity index (χ0v) is 18.7. The molecule has 1 amide bonds. The molecule has 164 valence electrons. The highest BCUT2D eigenvalue weighted by Crippen LogP contribution is 2.11. The van der Waals surface area contributed by atoms with Gasteiger partial charge in [-0.25, -0.2) is 0 Å². The van der Waals surface area contributed by atoms with Crippen LogP contribution in [0.25, 0.3) is 0 Å². The quantitative estimate of drug-likeness (QED) is 0.622. The van der Waals surface area contributed by atoms with Gasteiger partial charge in [-0.05, 0) is 17.7 Å². The van der Waals surface area contributed by atoms with E-state index in [-0.39, 0.29) is 36.5 Å². The summed E-state index contributed by atoms with van der Waals surface area (Å²) in [6.45, 7) is 4.50. The number of nitrogens with one attached hydrogen (secondary N) is 1. The van der Waals surface area contributed by atoms with E-state index in [0.717, 1.165) is 43.1 Å². The predicted octanol–water partition coefficient (Wildman–Crippen LogP) is 2.66. The van der Waals surface area contributed by atoms with Gasteiger partial charge in [0.05, 0.1) is 20.2 Å². The first-order chi connectivity index (χ1) is 13.6. The predicted molar refractivity (Wildman–Crippen MR) is 123 cm³/mol. The van der Waals surface area contributed by atoms with Crippen LogP contribution in [0.1, 0.15) is 15.9 Å². The number of nitrogens with zero attached hydrogens (tertiary/aromatic N) is 2. The molecule has 0 radical (unpaired) electrons. The number of Topliss-reactive ketones (excluding diaryl/α,β-unsaturated/α-hetero) is 1. The molecule has 1 fully saturated rings. The summed E-state index contributed by atoms with van der Waals surface area (Å²) in [4.78, 5) is 28.8. The van der Waals surface area contributed by atoms with Gasteiger partial charge in [-0.2, -0.15) is 0 Å². The molecule has 0 aromatic heterocycles. The third-order valence-electron chi connectivity index (χ3n) is 4.94. The molecule has 1 aliphatic rings. The molecule has 1 heterocycles. The second-order valence-electron chi connectivity index (χ2n) is 6.97. The van der Waals surface area contributed by atoms with Crippen molar-refractivity contribution < 1.29 is 14.3 Å². The van der Waals surface area contributed by atoms with Crippen molar-refractivity contribution in [3.63, 3.8) is 0 Å². The molecule has 2 aromatic carbocycles. The summed E-state index contributed by atoms with van der Waals surface area (Å²) in [6, 6.07) is 17.1. The molecular weight excluding hydrogens is 425 g/mol. The van der Waals surface area contributed by atoms with Crippen LogP contribution < -0.4 is 10.1 Å². The highest BCUT2D eigenvalue weighted by atomic mass is 35.5. The highest BCUT2D eigenvalue weighted by molar-refractivity contribution is 5.97. The van der Waals surface area contributed by atoms with Gasteiger partial charge in [-0.15, -0.1) is 24.8 Å². The number of carbonyl (C=O) groups is 2. The van der Waals surface area contributed by atoms with E-state index < -0.39 is 0 Å². The number of amides is 1. The van der Waals surface area contributed by atoms with Gasteiger partial charge in [-0.1, -0.05) is 42.5 Å². The fraction of sp³-hybridized carbons (Fsp3) is 0.364. The van der Waals surface area contributed by atoms with Gasteiger partial charge in [0.1, 0.15) is 5.75 Å². The maximum atomic E-state index is 12.3. The zero-order chi connectivity index (χ0) is 19.8. The fourth-order valence-corrected chi connectivity index (χ4v) is 3.23. The summed E-state index contributed by atoms with van der Waals surface area (Å²) in [5, 5.41) is 2.96. The smallest absolute Gasteiger partial charge is 0.234 e. The van der Waals surface area contributed by atoms with E-state index >= 15 is 0 Å². The zero-order valence-electron chi connectivity index (χ0n) is 17.1. The third-order valence-corrected chi connectivity index (χ3v) is 4.94. The monoisotopic (exact) mass is 453 g/mol. The Morgan fingerprint density at radius 3 is 2.00 bits per heavy atom. The van der Waals surface area contributed by atoms with Crippen LogP contribution in [-0.4, -0.2) is 67.9 Å². The number of hydrogen-bond donors (Lipinski definition) is 1. The molecule has 0 saturated carbocycles. The molecule has 0 unspecified atom stereocenters. The maximum absolute atomic E-state index is 12.3. The van der Waals surface area contributed by atoms with E-state index in [2.05, 4.69) is 15.1 Å². The van der Waals surface area contributed by atoms with Crippen LogP contribution in [-0.2, 0) is 11.3 Å². The first-order valence-corrected chi connectivity index (χ1v) is 9.56. The molecule has 0 spiro atoms. The van der Waals surface area contributed by atoms with E-state index in [9.17, 15) is 9.59 Å². The van der Waals surface area contributed by atoms with E-state index in [1.165, 1.54) is 0 Å². The number of methoxy groups -OCH3 is 1. The van der Waals surface area contributed by atoms with Gasteiger partial charge in [0, 0.05) is 38.3 Å². The largest absolute Gasteiger partial charge is 0.497 e. The van der Waals surface area contributed by atoms with E-state index in [1.807, 2.05) is 54.6 Å². The average Bonchev–Trinajstić information content (AvgIpc) is 2.74. The first kappa shape index (κ1) is 25.9. The first-order valence-electron chi connectivity index (χ1n) is 9.56. The number of rotatable bonds is 8. The molecule has 2 aromatic rings. The summed E-state index contributed by atoms with van der Waals surface area (Å²) in [5.41, 5.74) is 1.79. The van der Waals surface area contributed by atoms with Crippen molar-refractivity contribution in [2.24, 2.45) is 0 Å². The molecule has 1 aliphatic heterocycles. The minimum absolute atomic E-state index is 0. The van der Waals surface area contributed by atoms with Crippen LogP contribution in [0.5, 0.6) is 5.75 Å². The molecule has 6 nitrogen and oxygen atoms in total. The van der Waals surface area contributed by atoms with Crippen LogP contribution in [0.2, 0.25) is 0 Å². The Hall–Kier alpha value is -2.12. The minimum Gasteiger partial charge on any atom is -0.497 e. The van der Waals surface area contributed by atoms with Crippen molar-refractivity contribution in [2.45, 2.75) is 6.54 Å². The summed E-state index contributed by atoms with van der Waals surface area (Å²) < 4.78 is 5.13. The lowest BCUT2D eigenvalue weighted by molar-refractivity contribution is -0.122. The van der Waals surface area contributed by atoms with Gasteiger partial charge in [-0.3, -0.25) is 19.4 Å². The summed E-state index contributed by atoms with van der Waals surface area (Å²) in [6.07, 6.45) is 0. The lowest BCUT2D eigenvalue weighted by Gasteiger charge is -2.33. The molecule has 0 atom stereocenters. The molecule has 30 heavy (non-hydrogen) atoms. The van der Waals surface area contributed by atoms with Crippen molar-refractivity contribution in [1.82, 2.24) is 15.1 Å². The Bertz CT molecular complexity index is 780. The summed E-state index contributed by atoms with van der Waals surface area (Å²) in [7, 11) is 1.63. The van der Waals surface area contributed by atoms with E-state index in [0.29, 0.717) is 19.6 Å². The Labute approximate surface area is 190 Å². The topological polar surface area (TPSA) is 61.9 Å². The van der Waals surface area contributed by atoms with Crippen molar-refractivity contribution in [3.8, 4) is 5.75 Å². The SMILES string of the molecule is COc1ccc(CNC(=O)CN2CCN(CC(=O)c3ccccc3)CC2)cc1.Cl.Cl. The second kappa shape index (κ2) is 13.2. The molecule has 3 rings (SSSR count). The fourth-order valence-electron chi connectivity index (χ4n) is 3.23. The Balaban J connectivity index is 0.00000225. The second-order valence-corrected chi connectivity index (χ2v) is 6.97. The van der Waals surface area contributed by atoms with Gasteiger partial charge in [0.25, 0.3) is 0 Å². The summed E-state index contributed by atoms with van der Waals surface area (Å²) in [5.74, 6) is 0.967. The maximum Gasteiger partial charge on any atom is 0.234 e.